The van der Waals surface area contributed by atoms with Crippen molar-refractivity contribution in [1.82, 2.24) is 25.2 Å². The number of likely N-dealkylation sites (tertiary alicyclic amines) is 1. The zero-order valence-corrected chi connectivity index (χ0v) is 13.0. The van der Waals surface area contributed by atoms with Gasteiger partial charge in [-0.2, -0.15) is 0 Å². The van der Waals surface area contributed by atoms with Crippen molar-refractivity contribution in [2.24, 2.45) is 18.7 Å². The summed E-state index contributed by atoms with van der Waals surface area (Å²) in [5, 5.41) is 10.3. The Labute approximate surface area is 130 Å². The monoisotopic (exact) mass is 308 g/mol. The summed E-state index contributed by atoms with van der Waals surface area (Å²) in [5.74, 6) is 0.622. The summed E-state index contributed by atoms with van der Waals surface area (Å²) in [6.45, 7) is 2.19. The number of carbonyl (C=O) groups excluding carboxylic acids is 2. The van der Waals surface area contributed by atoms with Crippen LogP contribution in [-0.2, 0) is 7.05 Å². The number of urea groups is 1. The first kappa shape index (κ1) is 16.3. The molecule has 0 saturated carbocycles. The van der Waals surface area contributed by atoms with Gasteiger partial charge in [-0.1, -0.05) is 18.1 Å². The number of rotatable bonds is 6. The molecule has 122 valence electrons. The van der Waals surface area contributed by atoms with Crippen molar-refractivity contribution in [2.75, 3.05) is 19.6 Å². The van der Waals surface area contributed by atoms with Gasteiger partial charge in [-0.25, -0.2) is 4.79 Å². The van der Waals surface area contributed by atoms with E-state index in [2.05, 4.69) is 15.6 Å². The van der Waals surface area contributed by atoms with Gasteiger partial charge in [0.25, 0.3) is 5.91 Å². The Morgan fingerprint density at radius 3 is 2.68 bits per heavy atom. The number of carbonyl (C=O) groups is 2. The van der Waals surface area contributed by atoms with Gasteiger partial charge in [-0.15, -0.1) is 5.10 Å². The molecule has 1 saturated heterocycles. The Morgan fingerprint density at radius 1 is 1.36 bits per heavy atom. The maximum atomic E-state index is 12.2. The third-order valence-electron chi connectivity index (χ3n) is 4.06. The molecule has 8 heteroatoms. The quantitative estimate of drug-likeness (QED) is 0.746. The minimum absolute atomic E-state index is 0.0304. The fourth-order valence-electron chi connectivity index (χ4n) is 2.80. The highest BCUT2D eigenvalue weighted by atomic mass is 16.2. The van der Waals surface area contributed by atoms with E-state index in [4.69, 9.17) is 5.73 Å². The van der Waals surface area contributed by atoms with E-state index < -0.39 is 6.03 Å². The second-order valence-corrected chi connectivity index (χ2v) is 5.80. The first-order valence-corrected chi connectivity index (χ1v) is 7.75. The molecule has 2 heterocycles. The summed E-state index contributed by atoms with van der Waals surface area (Å²) in [6.07, 6.45) is 6.85. The number of primary amides is 1. The molecule has 0 radical (unpaired) electrons. The van der Waals surface area contributed by atoms with E-state index in [0.717, 1.165) is 45.2 Å². The normalized spacial score (nSPS) is 15.8. The summed E-state index contributed by atoms with van der Waals surface area (Å²) in [7, 11) is 1.75. The van der Waals surface area contributed by atoms with Crippen LogP contribution in [0.15, 0.2) is 6.20 Å². The standard InChI is InChI=1S/C14H24N6O2/c1-19-10-12(17-18-19)13(21)20-8-5-11(6-9-20)4-2-3-7-16-14(15)22/h10-11H,2-9H2,1H3,(H3,15,16,22). The molecule has 0 spiro atoms. The molecule has 3 amide bonds. The van der Waals surface area contributed by atoms with Crippen LogP contribution in [-0.4, -0.2) is 51.5 Å². The van der Waals surface area contributed by atoms with Gasteiger partial charge in [0.1, 0.15) is 0 Å². The van der Waals surface area contributed by atoms with E-state index in [1.807, 2.05) is 4.90 Å². The average molecular weight is 308 g/mol. The van der Waals surface area contributed by atoms with Gasteiger partial charge in [-0.05, 0) is 25.2 Å². The molecular formula is C14H24N6O2. The molecule has 1 aromatic rings. The lowest BCUT2D eigenvalue weighted by molar-refractivity contribution is 0.0679. The molecule has 0 aromatic carbocycles. The van der Waals surface area contributed by atoms with Crippen LogP contribution >= 0.6 is 0 Å². The van der Waals surface area contributed by atoms with Gasteiger partial charge in [0.05, 0.1) is 6.20 Å². The first-order valence-electron chi connectivity index (χ1n) is 7.75. The molecule has 1 aliphatic rings. The maximum absolute atomic E-state index is 12.2. The van der Waals surface area contributed by atoms with E-state index in [-0.39, 0.29) is 5.91 Å². The van der Waals surface area contributed by atoms with Crippen LogP contribution in [0.1, 0.15) is 42.6 Å². The largest absolute Gasteiger partial charge is 0.352 e. The summed E-state index contributed by atoms with van der Waals surface area (Å²) in [6, 6.07) is -0.462. The molecule has 0 atom stereocenters. The summed E-state index contributed by atoms with van der Waals surface area (Å²) in [4.78, 5) is 24.6. The third kappa shape index (κ3) is 4.71. The fourth-order valence-corrected chi connectivity index (χ4v) is 2.80. The van der Waals surface area contributed by atoms with Crippen molar-refractivity contribution in [2.45, 2.75) is 32.1 Å². The van der Waals surface area contributed by atoms with Gasteiger partial charge in [0.15, 0.2) is 5.69 Å². The lowest BCUT2D eigenvalue weighted by Crippen LogP contribution is -2.38. The number of nitrogens with two attached hydrogens (primary N) is 1. The molecule has 3 N–H and O–H groups in total. The summed E-state index contributed by atoms with van der Waals surface area (Å²) in [5.41, 5.74) is 5.43. The lowest BCUT2D eigenvalue weighted by atomic mass is 9.91. The van der Waals surface area contributed by atoms with Crippen LogP contribution in [0.3, 0.4) is 0 Å². The second-order valence-electron chi connectivity index (χ2n) is 5.80. The number of amides is 3. The summed E-state index contributed by atoms with van der Waals surface area (Å²) >= 11 is 0. The first-order chi connectivity index (χ1) is 10.6. The number of aryl methyl sites for hydroxylation is 1. The second kappa shape index (κ2) is 7.77. The smallest absolute Gasteiger partial charge is 0.312 e. The Kier molecular flexibility index (Phi) is 5.74. The third-order valence-corrected chi connectivity index (χ3v) is 4.06. The van der Waals surface area contributed by atoms with Crippen LogP contribution < -0.4 is 11.1 Å². The molecule has 0 bridgehead atoms. The van der Waals surface area contributed by atoms with E-state index in [0.29, 0.717) is 18.2 Å². The molecule has 2 rings (SSSR count). The van der Waals surface area contributed by atoms with Gasteiger partial charge >= 0.3 is 6.03 Å². The van der Waals surface area contributed by atoms with E-state index in [1.165, 1.54) is 0 Å². The zero-order valence-electron chi connectivity index (χ0n) is 13.0. The molecule has 1 aliphatic heterocycles. The predicted octanol–water partition coefficient (Wildman–Crippen LogP) is 0.506. The molecule has 0 unspecified atom stereocenters. The van der Waals surface area contributed by atoms with Crippen LogP contribution in [0.25, 0.3) is 0 Å². The van der Waals surface area contributed by atoms with Gasteiger partial charge in [0, 0.05) is 26.7 Å². The van der Waals surface area contributed by atoms with Gasteiger partial charge in [-0.3, -0.25) is 9.48 Å². The number of hydrogen-bond acceptors (Lipinski definition) is 4. The minimum atomic E-state index is -0.462. The topological polar surface area (TPSA) is 106 Å². The Bertz CT molecular complexity index is 507. The lowest BCUT2D eigenvalue weighted by Gasteiger charge is -2.31. The number of aromatic nitrogens is 3. The number of nitrogens with one attached hydrogen (secondary N) is 1. The van der Waals surface area contributed by atoms with Gasteiger partial charge in [0.2, 0.25) is 0 Å². The molecular weight excluding hydrogens is 284 g/mol. The Hall–Kier alpha value is -2.12. The number of unbranched alkanes of at least 4 members (excludes halogenated alkanes) is 1. The SMILES string of the molecule is Cn1cc(C(=O)N2CCC(CCCCNC(N)=O)CC2)nn1. The number of hydrogen-bond donors (Lipinski definition) is 2. The van der Waals surface area contributed by atoms with Crippen molar-refractivity contribution in [3.05, 3.63) is 11.9 Å². The molecule has 22 heavy (non-hydrogen) atoms. The van der Waals surface area contributed by atoms with E-state index >= 15 is 0 Å². The van der Waals surface area contributed by atoms with E-state index in [9.17, 15) is 9.59 Å². The van der Waals surface area contributed by atoms with Crippen molar-refractivity contribution in [3.8, 4) is 0 Å². The predicted molar refractivity (Wildman–Crippen MR) is 81.1 cm³/mol. The molecule has 1 fully saturated rings. The van der Waals surface area contributed by atoms with Crippen molar-refractivity contribution < 1.29 is 9.59 Å². The number of piperidine rings is 1. The fraction of sp³-hybridized carbons (Fsp3) is 0.714. The molecule has 8 nitrogen and oxygen atoms in total. The highest BCUT2D eigenvalue weighted by molar-refractivity contribution is 5.91. The maximum Gasteiger partial charge on any atom is 0.312 e. The van der Waals surface area contributed by atoms with Crippen molar-refractivity contribution in [1.29, 1.82) is 0 Å². The average Bonchev–Trinajstić information content (AvgIpc) is 2.93. The van der Waals surface area contributed by atoms with Crippen molar-refractivity contribution in [3.63, 3.8) is 0 Å². The highest BCUT2D eigenvalue weighted by Gasteiger charge is 2.24. The van der Waals surface area contributed by atoms with Crippen LogP contribution in [0.2, 0.25) is 0 Å². The van der Waals surface area contributed by atoms with Crippen LogP contribution in [0.4, 0.5) is 4.79 Å². The zero-order chi connectivity index (χ0) is 15.9. The van der Waals surface area contributed by atoms with Crippen LogP contribution in [0, 0.1) is 5.92 Å². The van der Waals surface area contributed by atoms with Crippen molar-refractivity contribution >= 4 is 11.9 Å². The number of nitrogens with zero attached hydrogens (tertiary/aromatic N) is 4. The molecule has 0 aliphatic carbocycles. The van der Waals surface area contributed by atoms with E-state index in [1.54, 1.807) is 17.9 Å². The minimum Gasteiger partial charge on any atom is -0.352 e. The Balaban J connectivity index is 1.65. The Morgan fingerprint density at radius 2 is 2.09 bits per heavy atom. The van der Waals surface area contributed by atoms with Gasteiger partial charge < -0.3 is 16.0 Å². The summed E-state index contributed by atoms with van der Waals surface area (Å²) < 4.78 is 1.54. The molecule has 1 aromatic heterocycles. The highest BCUT2D eigenvalue weighted by Crippen LogP contribution is 2.23. The van der Waals surface area contributed by atoms with Crippen LogP contribution in [0.5, 0.6) is 0 Å².